The number of nitrogens with zero attached hydrogens (tertiary/aromatic N) is 1. The van der Waals surface area contributed by atoms with Crippen molar-refractivity contribution in [3.8, 4) is 11.8 Å². The maximum atomic E-state index is 12.4. The Kier molecular flexibility index (Phi) is 6.33. The van der Waals surface area contributed by atoms with Crippen molar-refractivity contribution in [1.29, 1.82) is 5.26 Å². The summed E-state index contributed by atoms with van der Waals surface area (Å²) in [5.74, 6) is 1.49. The molecule has 1 heterocycles. The molecule has 2 aromatic rings. The van der Waals surface area contributed by atoms with Crippen LogP contribution in [0.25, 0.3) is 0 Å². The topological polar surface area (TPSA) is 62.1 Å². The fourth-order valence-electron chi connectivity index (χ4n) is 3.79. The lowest BCUT2D eigenvalue weighted by Gasteiger charge is -2.33. The molecule has 0 spiro atoms. The first-order valence-corrected chi connectivity index (χ1v) is 11.1. The molecule has 1 aromatic carbocycles. The van der Waals surface area contributed by atoms with Crippen molar-refractivity contribution in [2.45, 2.75) is 59.8 Å². The molecule has 5 heteroatoms. The number of ether oxygens (including phenoxy) is 1. The Balaban J connectivity index is 1.65. The van der Waals surface area contributed by atoms with Gasteiger partial charge in [0.1, 0.15) is 16.8 Å². The molecule has 0 bridgehead atoms. The minimum absolute atomic E-state index is 0.0704. The van der Waals surface area contributed by atoms with Gasteiger partial charge in [-0.25, -0.2) is 0 Å². The van der Waals surface area contributed by atoms with Crippen molar-refractivity contribution >= 4 is 22.2 Å². The zero-order chi connectivity index (χ0) is 21.2. The van der Waals surface area contributed by atoms with Crippen molar-refractivity contribution in [3.05, 3.63) is 45.8 Å². The van der Waals surface area contributed by atoms with Crippen LogP contribution in [-0.4, -0.2) is 12.5 Å². The smallest absolute Gasteiger partial charge is 0.262 e. The zero-order valence-electron chi connectivity index (χ0n) is 18.0. The van der Waals surface area contributed by atoms with Crippen LogP contribution in [0, 0.1) is 22.7 Å². The van der Waals surface area contributed by atoms with Gasteiger partial charge >= 0.3 is 0 Å². The molecule has 154 valence electrons. The number of carbonyl (C=O) groups is 1. The predicted octanol–water partition coefficient (Wildman–Crippen LogP) is 5.91. The molecule has 0 radical (unpaired) electrons. The molecule has 0 aliphatic heterocycles. The molecule has 29 heavy (non-hydrogen) atoms. The summed E-state index contributed by atoms with van der Waals surface area (Å²) in [5.41, 5.74) is 3.24. The van der Waals surface area contributed by atoms with E-state index >= 15 is 0 Å². The molecule has 4 nitrogen and oxygen atoms in total. The van der Waals surface area contributed by atoms with E-state index in [1.54, 1.807) is 11.3 Å². The maximum absolute atomic E-state index is 12.4. The van der Waals surface area contributed by atoms with Gasteiger partial charge in [-0.2, -0.15) is 5.26 Å². The fraction of sp³-hybridized carbons (Fsp3) is 0.500. The first-order chi connectivity index (χ1) is 13.7. The third-order valence-electron chi connectivity index (χ3n) is 5.77. The van der Waals surface area contributed by atoms with Gasteiger partial charge in [-0.1, -0.05) is 46.8 Å². The number of carbonyl (C=O) groups excluding carboxylic acids is 1. The first-order valence-electron chi connectivity index (χ1n) is 10.3. The Labute approximate surface area is 177 Å². The average Bonchev–Trinajstić information content (AvgIpc) is 3.02. The number of fused-ring (bicyclic) bond motifs is 1. The highest BCUT2D eigenvalue weighted by Crippen LogP contribution is 2.43. The van der Waals surface area contributed by atoms with Crippen LogP contribution in [0.15, 0.2) is 24.3 Å². The molecular formula is C24H30N2O2S. The second-order valence-corrected chi connectivity index (χ2v) is 10.3. The van der Waals surface area contributed by atoms with Crippen LogP contribution in [0.2, 0.25) is 0 Å². The molecule has 1 aromatic heterocycles. The molecule has 1 N–H and O–H groups in total. The third kappa shape index (κ3) is 5.00. The summed E-state index contributed by atoms with van der Waals surface area (Å²) in [6, 6.07) is 10.1. The quantitative estimate of drug-likeness (QED) is 0.666. The number of nitrogens with one attached hydrogen (secondary N) is 1. The van der Waals surface area contributed by atoms with E-state index < -0.39 is 0 Å². The highest BCUT2D eigenvalue weighted by Gasteiger charge is 2.32. The summed E-state index contributed by atoms with van der Waals surface area (Å²) < 4.78 is 5.62. The molecule has 3 rings (SSSR count). The summed E-state index contributed by atoms with van der Waals surface area (Å²) in [6.45, 7) is 11.0. The van der Waals surface area contributed by atoms with E-state index in [-0.39, 0.29) is 17.9 Å². The molecular weight excluding hydrogens is 380 g/mol. The first kappa shape index (κ1) is 21.4. The SMILES string of the molecule is CC(C)c1ccc(OCC(=O)Nc2sc3c(c2C#N)CC[C@H](C(C)(C)C)C3)cc1. The van der Waals surface area contributed by atoms with Gasteiger partial charge in [0.2, 0.25) is 0 Å². The Morgan fingerprint density at radius 2 is 2.00 bits per heavy atom. The Morgan fingerprint density at radius 3 is 2.59 bits per heavy atom. The fourth-order valence-corrected chi connectivity index (χ4v) is 5.09. The van der Waals surface area contributed by atoms with E-state index in [1.165, 1.54) is 10.4 Å². The van der Waals surface area contributed by atoms with Gasteiger partial charge in [0.15, 0.2) is 6.61 Å². The van der Waals surface area contributed by atoms with Gasteiger partial charge in [0.05, 0.1) is 5.56 Å². The van der Waals surface area contributed by atoms with Gasteiger partial charge < -0.3 is 10.1 Å². The van der Waals surface area contributed by atoms with Gasteiger partial charge in [0, 0.05) is 4.88 Å². The maximum Gasteiger partial charge on any atom is 0.262 e. The van der Waals surface area contributed by atoms with Gasteiger partial charge in [-0.15, -0.1) is 11.3 Å². The van der Waals surface area contributed by atoms with Crippen molar-refractivity contribution in [1.82, 2.24) is 0 Å². The van der Waals surface area contributed by atoms with E-state index in [0.29, 0.717) is 28.1 Å². The lowest BCUT2D eigenvalue weighted by molar-refractivity contribution is -0.118. The Morgan fingerprint density at radius 1 is 1.31 bits per heavy atom. The number of rotatable bonds is 5. The molecule has 1 amide bonds. The van der Waals surface area contributed by atoms with Crippen molar-refractivity contribution < 1.29 is 9.53 Å². The number of hydrogen-bond acceptors (Lipinski definition) is 4. The monoisotopic (exact) mass is 410 g/mol. The van der Waals surface area contributed by atoms with Gasteiger partial charge in [-0.3, -0.25) is 4.79 Å². The van der Waals surface area contributed by atoms with Gasteiger partial charge in [0.25, 0.3) is 5.91 Å². The van der Waals surface area contributed by atoms with Crippen LogP contribution in [0.1, 0.15) is 68.5 Å². The van der Waals surface area contributed by atoms with Crippen LogP contribution in [-0.2, 0) is 17.6 Å². The number of anilines is 1. The van der Waals surface area contributed by atoms with E-state index in [0.717, 1.165) is 24.8 Å². The Bertz CT molecular complexity index is 914. The van der Waals surface area contributed by atoms with Gasteiger partial charge in [-0.05, 0) is 59.8 Å². The second-order valence-electron chi connectivity index (χ2n) is 9.19. The zero-order valence-corrected chi connectivity index (χ0v) is 18.8. The molecule has 1 aliphatic carbocycles. The van der Waals surface area contributed by atoms with E-state index in [2.05, 4.69) is 46.0 Å². The summed E-state index contributed by atoms with van der Waals surface area (Å²) in [4.78, 5) is 13.7. The van der Waals surface area contributed by atoms with Crippen LogP contribution in [0.4, 0.5) is 5.00 Å². The summed E-state index contributed by atoms with van der Waals surface area (Å²) in [6.07, 6.45) is 2.97. The Hall–Kier alpha value is -2.32. The number of benzene rings is 1. The van der Waals surface area contributed by atoms with Crippen molar-refractivity contribution in [2.24, 2.45) is 11.3 Å². The van der Waals surface area contributed by atoms with Crippen LogP contribution >= 0.6 is 11.3 Å². The molecule has 0 saturated carbocycles. The minimum atomic E-state index is -0.236. The number of hydrogen-bond donors (Lipinski definition) is 1. The van der Waals surface area contributed by atoms with Crippen molar-refractivity contribution in [3.63, 3.8) is 0 Å². The summed E-state index contributed by atoms with van der Waals surface area (Å²) in [5, 5.41) is 13.2. The van der Waals surface area contributed by atoms with E-state index in [4.69, 9.17) is 4.74 Å². The summed E-state index contributed by atoms with van der Waals surface area (Å²) >= 11 is 1.55. The van der Waals surface area contributed by atoms with E-state index in [1.807, 2.05) is 24.3 Å². The standard InChI is InChI=1S/C24H30N2O2S/c1-15(2)16-6-9-18(10-7-16)28-14-22(27)26-23-20(13-25)19-11-8-17(24(3,4)5)12-21(19)29-23/h6-7,9-10,15,17H,8,11-12,14H2,1-5H3,(H,26,27)/t17-/m0/s1. The normalized spacial score (nSPS) is 16.2. The lowest BCUT2D eigenvalue weighted by Crippen LogP contribution is -2.26. The third-order valence-corrected chi connectivity index (χ3v) is 6.94. The number of amides is 1. The average molecular weight is 411 g/mol. The minimum Gasteiger partial charge on any atom is -0.484 e. The molecule has 0 fully saturated rings. The largest absolute Gasteiger partial charge is 0.484 e. The van der Waals surface area contributed by atoms with Crippen LogP contribution in [0.3, 0.4) is 0 Å². The number of nitriles is 1. The highest BCUT2D eigenvalue weighted by molar-refractivity contribution is 7.16. The van der Waals surface area contributed by atoms with Crippen LogP contribution in [0.5, 0.6) is 5.75 Å². The van der Waals surface area contributed by atoms with Crippen LogP contribution < -0.4 is 10.1 Å². The lowest BCUT2D eigenvalue weighted by atomic mass is 9.72. The molecule has 0 saturated heterocycles. The summed E-state index contributed by atoms with van der Waals surface area (Å²) in [7, 11) is 0. The highest BCUT2D eigenvalue weighted by atomic mass is 32.1. The second kappa shape index (κ2) is 8.59. The molecule has 1 aliphatic rings. The number of thiophene rings is 1. The molecule has 0 unspecified atom stereocenters. The van der Waals surface area contributed by atoms with Crippen molar-refractivity contribution in [2.75, 3.05) is 11.9 Å². The van der Waals surface area contributed by atoms with E-state index in [9.17, 15) is 10.1 Å². The predicted molar refractivity (Wildman–Crippen MR) is 119 cm³/mol. The molecule has 1 atom stereocenters.